The lowest BCUT2D eigenvalue weighted by Gasteiger charge is -2.40. The molecule has 2 aliphatic rings. The zero-order chi connectivity index (χ0) is 23.3. The molecule has 0 aliphatic carbocycles. The summed E-state index contributed by atoms with van der Waals surface area (Å²) in [4.78, 5) is 11.6. The zero-order valence-electron chi connectivity index (χ0n) is 17.0. The van der Waals surface area contributed by atoms with Gasteiger partial charge >= 0.3 is 0 Å². The first kappa shape index (κ1) is 26.4. The molecule has 0 amide bonds. The maximum absolute atomic E-state index is 11.6. The van der Waals surface area contributed by atoms with E-state index in [1.165, 1.54) is 6.92 Å². The molecule has 13 nitrogen and oxygen atoms in total. The Labute approximate surface area is 178 Å². The van der Waals surface area contributed by atoms with E-state index < -0.39 is 80.5 Å². The molecule has 0 unspecified atom stereocenters. The summed E-state index contributed by atoms with van der Waals surface area (Å²) in [5, 5.41) is 77.7. The Morgan fingerprint density at radius 2 is 1.13 bits per heavy atom. The SMILES string of the molecule is CC(=O)CC(CO[C@H]1O[C@H](CO)[C@@H](O)[C@H](O)[C@@H]1O)CO[C@H]1O[C@H](CO)[C@@H](O)[C@H](O)[C@@H]1O. The van der Waals surface area contributed by atoms with Crippen molar-refractivity contribution in [2.75, 3.05) is 26.4 Å². The number of ether oxygens (including phenoxy) is 4. The van der Waals surface area contributed by atoms with Gasteiger partial charge in [0.1, 0.15) is 54.6 Å². The summed E-state index contributed by atoms with van der Waals surface area (Å²) in [5.41, 5.74) is 0. The second-order valence-corrected chi connectivity index (χ2v) is 7.83. The van der Waals surface area contributed by atoms with Crippen molar-refractivity contribution in [3.05, 3.63) is 0 Å². The van der Waals surface area contributed by atoms with Gasteiger partial charge in [0, 0.05) is 12.3 Å². The van der Waals surface area contributed by atoms with E-state index in [9.17, 15) is 45.6 Å². The van der Waals surface area contributed by atoms with E-state index in [1.807, 2.05) is 0 Å². The van der Waals surface area contributed by atoms with Gasteiger partial charge in [0.15, 0.2) is 12.6 Å². The summed E-state index contributed by atoms with van der Waals surface area (Å²) < 4.78 is 21.4. The van der Waals surface area contributed by atoms with E-state index in [0.29, 0.717) is 0 Å². The highest BCUT2D eigenvalue weighted by Crippen LogP contribution is 2.25. The Kier molecular flexibility index (Phi) is 10.1. The number of ketones is 1. The van der Waals surface area contributed by atoms with E-state index in [2.05, 4.69) is 0 Å². The van der Waals surface area contributed by atoms with Crippen LogP contribution >= 0.6 is 0 Å². The van der Waals surface area contributed by atoms with Crippen LogP contribution in [0.2, 0.25) is 0 Å². The topological polar surface area (TPSA) is 216 Å². The van der Waals surface area contributed by atoms with Crippen LogP contribution in [-0.2, 0) is 23.7 Å². The predicted molar refractivity (Wildman–Crippen MR) is 98.2 cm³/mol. The van der Waals surface area contributed by atoms with Gasteiger partial charge < -0.3 is 64.6 Å². The first-order valence-corrected chi connectivity index (χ1v) is 9.94. The summed E-state index contributed by atoms with van der Waals surface area (Å²) in [6, 6.07) is 0. The van der Waals surface area contributed by atoms with Gasteiger partial charge in [0.05, 0.1) is 26.4 Å². The molecule has 13 heteroatoms. The van der Waals surface area contributed by atoms with Gasteiger partial charge in [0.2, 0.25) is 0 Å². The second kappa shape index (κ2) is 11.9. The molecule has 0 spiro atoms. The average Bonchev–Trinajstić information content (AvgIpc) is 2.74. The Bertz CT molecular complexity index is 519. The van der Waals surface area contributed by atoms with Gasteiger partial charge in [-0.05, 0) is 6.92 Å². The van der Waals surface area contributed by atoms with E-state index in [4.69, 9.17) is 18.9 Å². The Morgan fingerprint density at radius 3 is 1.45 bits per heavy atom. The third-order valence-electron chi connectivity index (χ3n) is 5.27. The molecule has 0 radical (unpaired) electrons. The quantitative estimate of drug-likeness (QED) is 0.155. The maximum Gasteiger partial charge on any atom is 0.186 e. The van der Waals surface area contributed by atoms with Crippen LogP contribution in [0, 0.1) is 5.92 Å². The van der Waals surface area contributed by atoms with Crippen molar-refractivity contribution in [1.82, 2.24) is 0 Å². The maximum atomic E-state index is 11.6. The van der Waals surface area contributed by atoms with Crippen molar-refractivity contribution >= 4 is 5.78 Å². The molecule has 2 fully saturated rings. The highest BCUT2D eigenvalue weighted by atomic mass is 16.7. The molecule has 10 atom stereocenters. The summed E-state index contributed by atoms with van der Waals surface area (Å²) in [6.07, 6.45) is -14.7. The van der Waals surface area contributed by atoms with Crippen molar-refractivity contribution in [3.8, 4) is 0 Å². The fraction of sp³-hybridized carbons (Fsp3) is 0.944. The number of carbonyl (C=O) groups excluding carboxylic acids is 1. The minimum absolute atomic E-state index is 0.0329. The smallest absolute Gasteiger partial charge is 0.186 e. The van der Waals surface area contributed by atoms with Gasteiger partial charge in [-0.2, -0.15) is 0 Å². The molecular formula is C18H32O13. The van der Waals surface area contributed by atoms with Gasteiger partial charge in [0.25, 0.3) is 0 Å². The second-order valence-electron chi connectivity index (χ2n) is 7.83. The zero-order valence-corrected chi connectivity index (χ0v) is 17.0. The van der Waals surface area contributed by atoms with Crippen LogP contribution in [-0.4, -0.2) is 134 Å². The third-order valence-corrected chi connectivity index (χ3v) is 5.27. The third kappa shape index (κ3) is 6.60. The lowest BCUT2D eigenvalue weighted by molar-refractivity contribution is -0.312. The molecule has 0 bridgehead atoms. The van der Waals surface area contributed by atoms with Crippen LogP contribution in [0.5, 0.6) is 0 Å². The number of carbonyl (C=O) groups is 1. The standard InChI is InChI=1S/C18H32O13/c1-7(21)2-8(5-28-17-15(26)13(24)11(22)9(3-19)30-17)6-29-18-16(27)14(25)12(23)10(4-20)31-18/h8-20,22-27H,2-6H2,1H3/t9-,10-,11-,12-,13+,14+,15+,16+,17+,18+/m1/s1. The Hall–Kier alpha value is -0.810. The molecule has 2 saturated heterocycles. The first-order valence-electron chi connectivity index (χ1n) is 9.94. The van der Waals surface area contributed by atoms with Gasteiger partial charge in [-0.1, -0.05) is 0 Å². The van der Waals surface area contributed by atoms with E-state index >= 15 is 0 Å². The van der Waals surface area contributed by atoms with Crippen LogP contribution in [0.3, 0.4) is 0 Å². The lowest BCUT2D eigenvalue weighted by Crippen LogP contribution is -2.59. The number of aliphatic hydroxyl groups excluding tert-OH is 8. The number of aliphatic hydroxyl groups is 8. The number of rotatable bonds is 10. The van der Waals surface area contributed by atoms with Crippen molar-refractivity contribution < 1.29 is 64.6 Å². The van der Waals surface area contributed by atoms with Crippen LogP contribution in [0.25, 0.3) is 0 Å². The van der Waals surface area contributed by atoms with Crippen LogP contribution < -0.4 is 0 Å². The number of hydrogen-bond donors (Lipinski definition) is 8. The van der Waals surface area contributed by atoms with Crippen molar-refractivity contribution in [3.63, 3.8) is 0 Å². The van der Waals surface area contributed by atoms with Gasteiger partial charge in [-0.15, -0.1) is 0 Å². The highest BCUT2D eigenvalue weighted by Gasteiger charge is 2.45. The number of Topliss-reactive ketones (excluding diaryl/α,β-unsaturated/α-hetero) is 1. The summed E-state index contributed by atoms with van der Waals surface area (Å²) >= 11 is 0. The molecule has 2 aliphatic heterocycles. The minimum atomic E-state index is -1.62. The van der Waals surface area contributed by atoms with Gasteiger partial charge in [-0.3, -0.25) is 0 Å². The largest absolute Gasteiger partial charge is 0.394 e. The molecule has 0 aromatic heterocycles. The summed E-state index contributed by atoms with van der Waals surface area (Å²) in [5.74, 6) is -0.850. The molecule has 0 aromatic carbocycles. The molecule has 31 heavy (non-hydrogen) atoms. The van der Waals surface area contributed by atoms with E-state index in [1.54, 1.807) is 0 Å². The lowest BCUT2D eigenvalue weighted by atomic mass is 9.99. The summed E-state index contributed by atoms with van der Waals surface area (Å²) in [6.45, 7) is -0.335. The molecule has 2 heterocycles. The minimum Gasteiger partial charge on any atom is -0.394 e. The van der Waals surface area contributed by atoms with E-state index in [0.717, 1.165) is 0 Å². The predicted octanol–water partition coefficient (Wildman–Crippen LogP) is -4.79. The molecule has 0 aromatic rings. The van der Waals surface area contributed by atoms with Crippen LogP contribution in [0.15, 0.2) is 0 Å². The monoisotopic (exact) mass is 456 g/mol. The Balaban J connectivity index is 1.95. The fourth-order valence-electron chi connectivity index (χ4n) is 3.44. The van der Waals surface area contributed by atoms with Crippen molar-refractivity contribution in [2.45, 2.75) is 74.8 Å². The molecule has 0 saturated carbocycles. The molecule has 2 rings (SSSR count). The van der Waals surface area contributed by atoms with Crippen molar-refractivity contribution in [2.24, 2.45) is 5.92 Å². The van der Waals surface area contributed by atoms with Crippen LogP contribution in [0.4, 0.5) is 0 Å². The average molecular weight is 456 g/mol. The van der Waals surface area contributed by atoms with Crippen LogP contribution in [0.1, 0.15) is 13.3 Å². The molecule has 8 N–H and O–H groups in total. The fourth-order valence-corrected chi connectivity index (χ4v) is 3.44. The molecule has 182 valence electrons. The van der Waals surface area contributed by atoms with E-state index in [-0.39, 0.29) is 25.4 Å². The number of hydrogen-bond acceptors (Lipinski definition) is 13. The van der Waals surface area contributed by atoms with Gasteiger partial charge in [-0.25, -0.2) is 0 Å². The first-order chi connectivity index (χ1) is 14.6. The highest BCUT2D eigenvalue weighted by molar-refractivity contribution is 5.75. The van der Waals surface area contributed by atoms with Crippen molar-refractivity contribution in [1.29, 1.82) is 0 Å². The molecular weight excluding hydrogens is 424 g/mol. The Morgan fingerprint density at radius 1 is 0.742 bits per heavy atom. The normalized spacial score (nSPS) is 41.5. The summed E-state index contributed by atoms with van der Waals surface area (Å²) in [7, 11) is 0.